The van der Waals surface area contributed by atoms with Crippen molar-refractivity contribution in [2.24, 2.45) is 7.05 Å². The first-order valence-corrected chi connectivity index (χ1v) is 7.60. The molecule has 0 aromatic carbocycles. The second-order valence-corrected chi connectivity index (χ2v) is 6.38. The average molecular weight is 294 g/mol. The standard InChI is InChI=1S/C10H16ClN3O3S/c1-8-12-10(6-13(8)2)18(15,16)14-3-4-17-7-9(14)5-11/h6,9H,3-5,7H2,1-2H3. The van der Waals surface area contributed by atoms with Gasteiger partial charge in [0.1, 0.15) is 5.82 Å². The maximum Gasteiger partial charge on any atom is 0.262 e. The Labute approximate surface area is 112 Å². The highest BCUT2D eigenvalue weighted by Gasteiger charge is 2.35. The van der Waals surface area contributed by atoms with Crippen LogP contribution in [0.1, 0.15) is 5.82 Å². The van der Waals surface area contributed by atoms with Crippen LogP contribution in [0, 0.1) is 6.92 Å². The highest BCUT2D eigenvalue weighted by atomic mass is 35.5. The minimum Gasteiger partial charge on any atom is -0.378 e. The molecule has 8 heteroatoms. The minimum atomic E-state index is -3.59. The van der Waals surface area contributed by atoms with Crippen molar-refractivity contribution < 1.29 is 13.2 Å². The summed E-state index contributed by atoms with van der Waals surface area (Å²) in [6.07, 6.45) is 1.52. The van der Waals surface area contributed by atoms with E-state index in [1.807, 2.05) is 0 Å². The number of hydrogen-bond acceptors (Lipinski definition) is 4. The van der Waals surface area contributed by atoms with E-state index in [0.29, 0.717) is 25.6 Å². The number of morpholine rings is 1. The smallest absolute Gasteiger partial charge is 0.262 e. The maximum absolute atomic E-state index is 12.5. The van der Waals surface area contributed by atoms with Gasteiger partial charge in [-0.2, -0.15) is 4.31 Å². The molecule has 0 saturated carbocycles. The third-order valence-electron chi connectivity index (χ3n) is 3.01. The minimum absolute atomic E-state index is 0.0690. The van der Waals surface area contributed by atoms with Crippen LogP contribution in [0.4, 0.5) is 0 Å². The molecule has 1 unspecified atom stereocenters. The van der Waals surface area contributed by atoms with E-state index in [2.05, 4.69) is 4.98 Å². The van der Waals surface area contributed by atoms with Crippen molar-refractivity contribution in [2.75, 3.05) is 25.6 Å². The molecular weight excluding hydrogens is 278 g/mol. The van der Waals surface area contributed by atoms with Gasteiger partial charge in [-0.15, -0.1) is 11.6 Å². The van der Waals surface area contributed by atoms with Crippen LogP contribution in [0.15, 0.2) is 11.2 Å². The number of hydrogen-bond donors (Lipinski definition) is 0. The Morgan fingerprint density at radius 3 is 2.89 bits per heavy atom. The van der Waals surface area contributed by atoms with Gasteiger partial charge in [-0.25, -0.2) is 13.4 Å². The van der Waals surface area contributed by atoms with Gasteiger partial charge in [-0.3, -0.25) is 0 Å². The lowest BCUT2D eigenvalue weighted by Gasteiger charge is -2.32. The lowest BCUT2D eigenvalue weighted by molar-refractivity contribution is 0.0403. The van der Waals surface area contributed by atoms with Crippen LogP contribution >= 0.6 is 11.6 Å². The summed E-state index contributed by atoms with van der Waals surface area (Å²) in [5, 5.41) is 0.0690. The van der Waals surface area contributed by atoms with E-state index in [1.165, 1.54) is 10.5 Å². The van der Waals surface area contributed by atoms with Crippen molar-refractivity contribution in [3.8, 4) is 0 Å². The fourth-order valence-electron chi connectivity index (χ4n) is 1.85. The SMILES string of the molecule is Cc1nc(S(=O)(=O)N2CCOCC2CCl)cn1C. The van der Waals surface area contributed by atoms with Crippen molar-refractivity contribution in [1.29, 1.82) is 0 Å². The van der Waals surface area contributed by atoms with Crippen molar-refractivity contribution >= 4 is 21.6 Å². The summed E-state index contributed by atoms with van der Waals surface area (Å²) in [5.74, 6) is 0.870. The number of ether oxygens (including phenoxy) is 1. The number of alkyl halides is 1. The molecule has 6 nitrogen and oxygen atoms in total. The van der Waals surface area contributed by atoms with E-state index in [0.717, 1.165) is 0 Å². The van der Waals surface area contributed by atoms with E-state index in [9.17, 15) is 8.42 Å². The maximum atomic E-state index is 12.5. The van der Waals surface area contributed by atoms with Crippen LogP contribution in [0.5, 0.6) is 0 Å². The normalized spacial score (nSPS) is 22.3. The third-order valence-corrected chi connectivity index (χ3v) is 5.19. The van der Waals surface area contributed by atoms with Gasteiger partial charge in [0, 0.05) is 25.7 Å². The number of sulfonamides is 1. The van der Waals surface area contributed by atoms with E-state index in [1.54, 1.807) is 18.5 Å². The monoisotopic (exact) mass is 293 g/mol. The van der Waals surface area contributed by atoms with Crippen LogP contribution in [0.2, 0.25) is 0 Å². The molecule has 0 bridgehead atoms. The van der Waals surface area contributed by atoms with Crippen molar-refractivity contribution in [1.82, 2.24) is 13.9 Å². The molecule has 102 valence electrons. The molecule has 0 spiro atoms. The van der Waals surface area contributed by atoms with Gasteiger partial charge in [0.05, 0.1) is 19.3 Å². The molecule has 1 aliphatic heterocycles. The fraction of sp³-hybridized carbons (Fsp3) is 0.700. The van der Waals surface area contributed by atoms with Gasteiger partial charge >= 0.3 is 0 Å². The zero-order valence-electron chi connectivity index (χ0n) is 10.3. The molecule has 1 aromatic heterocycles. The Hall–Kier alpha value is -0.630. The summed E-state index contributed by atoms with van der Waals surface area (Å²) in [6, 6.07) is -0.326. The average Bonchev–Trinajstić information content (AvgIpc) is 2.70. The van der Waals surface area contributed by atoms with Crippen molar-refractivity contribution in [3.63, 3.8) is 0 Å². The summed E-state index contributed by atoms with van der Waals surface area (Å²) in [4.78, 5) is 4.08. The van der Waals surface area contributed by atoms with Gasteiger partial charge in [0.25, 0.3) is 10.0 Å². The first-order chi connectivity index (χ1) is 8.46. The zero-order chi connectivity index (χ0) is 13.3. The number of aromatic nitrogens is 2. The van der Waals surface area contributed by atoms with Gasteiger partial charge in [-0.1, -0.05) is 0 Å². The lowest BCUT2D eigenvalue weighted by Crippen LogP contribution is -2.49. The molecule has 2 rings (SSSR count). The number of rotatable bonds is 3. The van der Waals surface area contributed by atoms with E-state index >= 15 is 0 Å². The predicted molar refractivity (Wildman–Crippen MR) is 67.2 cm³/mol. The summed E-state index contributed by atoms with van der Waals surface area (Å²) < 4.78 is 33.2. The quantitative estimate of drug-likeness (QED) is 0.755. The van der Waals surface area contributed by atoms with Crippen LogP contribution in [0.3, 0.4) is 0 Å². The second kappa shape index (κ2) is 5.16. The molecule has 1 aromatic rings. The summed E-state index contributed by atoms with van der Waals surface area (Å²) in [5.41, 5.74) is 0. The molecule has 18 heavy (non-hydrogen) atoms. The largest absolute Gasteiger partial charge is 0.378 e. The number of nitrogens with zero attached hydrogens (tertiary/aromatic N) is 3. The molecule has 0 aliphatic carbocycles. The Bertz CT molecular complexity index is 509. The van der Waals surface area contributed by atoms with Crippen LogP contribution in [-0.4, -0.2) is 54.0 Å². The Morgan fingerprint density at radius 2 is 2.33 bits per heavy atom. The first kappa shape index (κ1) is 13.8. The Kier molecular flexibility index (Phi) is 3.96. The molecule has 0 N–H and O–H groups in total. The summed E-state index contributed by atoms with van der Waals surface area (Å²) in [7, 11) is -1.82. The van der Waals surface area contributed by atoms with Gasteiger partial charge < -0.3 is 9.30 Å². The summed E-state index contributed by atoms with van der Waals surface area (Å²) >= 11 is 5.79. The molecule has 1 fully saturated rings. The third kappa shape index (κ3) is 2.40. The summed E-state index contributed by atoms with van der Waals surface area (Å²) in [6.45, 7) is 2.79. The zero-order valence-corrected chi connectivity index (χ0v) is 11.9. The Balaban J connectivity index is 2.35. The lowest BCUT2D eigenvalue weighted by atomic mass is 10.3. The van der Waals surface area contributed by atoms with Gasteiger partial charge in [-0.05, 0) is 6.92 Å². The number of aryl methyl sites for hydroxylation is 2. The molecule has 0 amide bonds. The molecule has 0 radical (unpaired) electrons. The van der Waals surface area contributed by atoms with Crippen molar-refractivity contribution in [2.45, 2.75) is 18.0 Å². The van der Waals surface area contributed by atoms with Crippen LogP contribution in [0.25, 0.3) is 0 Å². The number of imidazole rings is 1. The van der Waals surface area contributed by atoms with Gasteiger partial charge in [0.2, 0.25) is 0 Å². The Morgan fingerprint density at radius 1 is 1.61 bits per heavy atom. The second-order valence-electron chi connectivity index (χ2n) is 4.24. The van der Waals surface area contributed by atoms with Gasteiger partial charge in [0.15, 0.2) is 5.03 Å². The van der Waals surface area contributed by atoms with Crippen LogP contribution < -0.4 is 0 Å². The number of halogens is 1. The van der Waals surface area contributed by atoms with Crippen molar-refractivity contribution in [3.05, 3.63) is 12.0 Å². The van der Waals surface area contributed by atoms with E-state index < -0.39 is 10.0 Å². The van der Waals surface area contributed by atoms with Crippen LogP contribution in [-0.2, 0) is 21.8 Å². The highest BCUT2D eigenvalue weighted by molar-refractivity contribution is 7.89. The van der Waals surface area contributed by atoms with E-state index in [-0.39, 0.29) is 16.9 Å². The predicted octanol–water partition coefficient (Wildman–Crippen LogP) is 0.357. The topological polar surface area (TPSA) is 64.4 Å². The first-order valence-electron chi connectivity index (χ1n) is 5.62. The van der Waals surface area contributed by atoms with E-state index in [4.69, 9.17) is 16.3 Å². The molecule has 1 saturated heterocycles. The fourth-order valence-corrected chi connectivity index (χ4v) is 3.81. The molecule has 1 aliphatic rings. The molecule has 2 heterocycles. The highest BCUT2D eigenvalue weighted by Crippen LogP contribution is 2.20. The molecule has 1 atom stereocenters. The molecular formula is C10H16ClN3O3S.